The number of carbonyl (C=O) groups is 1. The fourth-order valence-electron chi connectivity index (χ4n) is 6.00. The van der Waals surface area contributed by atoms with Crippen LogP contribution in [-0.2, 0) is 17.9 Å². The maximum atomic E-state index is 13.2. The van der Waals surface area contributed by atoms with Crippen LogP contribution in [0.3, 0.4) is 0 Å². The molecule has 3 aliphatic rings. The van der Waals surface area contributed by atoms with Crippen molar-refractivity contribution in [3.8, 4) is 0 Å². The van der Waals surface area contributed by atoms with Gasteiger partial charge in [-0.05, 0) is 61.7 Å². The first-order valence-electron chi connectivity index (χ1n) is 11.0. The van der Waals surface area contributed by atoms with Crippen LogP contribution in [0.4, 0.5) is 4.39 Å². The summed E-state index contributed by atoms with van der Waals surface area (Å²) in [5, 5.41) is 3.14. The van der Waals surface area contributed by atoms with Crippen LogP contribution in [0.15, 0.2) is 48.8 Å². The molecule has 6 heteroatoms. The van der Waals surface area contributed by atoms with Crippen LogP contribution in [-0.4, -0.2) is 53.4 Å². The molecule has 3 fully saturated rings. The maximum absolute atomic E-state index is 13.2. The molecule has 1 unspecified atom stereocenters. The van der Waals surface area contributed by atoms with Crippen LogP contribution in [0.5, 0.6) is 0 Å². The van der Waals surface area contributed by atoms with Gasteiger partial charge in [0.1, 0.15) is 5.82 Å². The molecule has 2 spiro atoms. The molecule has 0 radical (unpaired) electrons. The molecule has 1 N–H and O–H groups in total. The van der Waals surface area contributed by atoms with Crippen LogP contribution in [0.25, 0.3) is 0 Å². The number of nitrogens with one attached hydrogen (secondary N) is 1. The first-order valence-corrected chi connectivity index (χ1v) is 11.0. The summed E-state index contributed by atoms with van der Waals surface area (Å²) in [6.07, 6.45) is 6.74. The van der Waals surface area contributed by atoms with E-state index in [1.54, 1.807) is 6.20 Å². The van der Waals surface area contributed by atoms with Crippen molar-refractivity contribution in [3.63, 3.8) is 0 Å². The SMILES string of the molecule is O=C1NCCC12CN(Cc1cccnc1)CC21CCN(Cc2ccc(F)cc2)CC1. The third-order valence-corrected chi connectivity index (χ3v) is 7.57. The highest BCUT2D eigenvalue weighted by Gasteiger charge is 2.63. The number of nitrogens with zero attached hydrogens (tertiary/aromatic N) is 3. The Morgan fingerprint density at radius 2 is 1.73 bits per heavy atom. The minimum Gasteiger partial charge on any atom is -0.356 e. The fourth-order valence-corrected chi connectivity index (χ4v) is 6.00. The molecule has 1 aromatic heterocycles. The molecule has 158 valence electrons. The van der Waals surface area contributed by atoms with Crippen molar-refractivity contribution < 1.29 is 9.18 Å². The molecule has 0 saturated carbocycles. The second-order valence-corrected chi connectivity index (χ2v) is 9.28. The Kier molecular flexibility index (Phi) is 5.07. The Hall–Kier alpha value is -2.31. The molecular formula is C24H29FN4O. The summed E-state index contributed by atoms with van der Waals surface area (Å²) >= 11 is 0. The summed E-state index contributed by atoms with van der Waals surface area (Å²) in [6, 6.07) is 10.9. The Balaban J connectivity index is 1.31. The summed E-state index contributed by atoms with van der Waals surface area (Å²) in [5.74, 6) is 0.0633. The predicted molar refractivity (Wildman–Crippen MR) is 113 cm³/mol. The van der Waals surface area contributed by atoms with Crippen LogP contribution in [0, 0.1) is 16.6 Å². The van der Waals surface area contributed by atoms with Crippen molar-refractivity contribution in [1.82, 2.24) is 20.1 Å². The second-order valence-electron chi connectivity index (χ2n) is 9.28. The lowest BCUT2D eigenvalue weighted by Gasteiger charge is -2.46. The molecule has 0 bridgehead atoms. The number of carbonyl (C=O) groups excluding carboxylic acids is 1. The summed E-state index contributed by atoms with van der Waals surface area (Å²) in [7, 11) is 0. The minimum absolute atomic E-state index is 0.0368. The maximum Gasteiger partial charge on any atom is 0.228 e. The van der Waals surface area contributed by atoms with Gasteiger partial charge in [-0.3, -0.25) is 19.6 Å². The summed E-state index contributed by atoms with van der Waals surface area (Å²) in [5.41, 5.74) is 2.12. The number of hydrogen-bond donors (Lipinski definition) is 1. The lowest BCUT2D eigenvalue weighted by atomic mass is 9.60. The van der Waals surface area contributed by atoms with Gasteiger partial charge in [0.2, 0.25) is 5.91 Å². The van der Waals surface area contributed by atoms with E-state index in [4.69, 9.17) is 0 Å². The molecular weight excluding hydrogens is 379 g/mol. The monoisotopic (exact) mass is 408 g/mol. The average Bonchev–Trinajstić information content (AvgIpc) is 3.27. The highest BCUT2D eigenvalue weighted by atomic mass is 19.1. The molecule has 1 aromatic carbocycles. The number of piperidine rings is 1. The summed E-state index contributed by atoms with van der Waals surface area (Å²) < 4.78 is 13.2. The van der Waals surface area contributed by atoms with Crippen molar-refractivity contribution >= 4 is 5.91 Å². The van der Waals surface area contributed by atoms with E-state index in [0.29, 0.717) is 0 Å². The summed E-state index contributed by atoms with van der Waals surface area (Å²) in [4.78, 5) is 22.2. The largest absolute Gasteiger partial charge is 0.356 e. The van der Waals surface area contributed by atoms with E-state index in [0.717, 1.165) is 70.6 Å². The molecule has 2 aromatic rings. The van der Waals surface area contributed by atoms with Gasteiger partial charge < -0.3 is 5.32 Å². The molecule has 1 amide bonds. The number of benzene rings is 1. The average molecular weight is 409 g/mol. The topological polar surface area (TPSA) is 48.5 Å². The Bertz CT molecular complexity index is 895. The Labute approximate surface area is 177 Å². The first-order chi connectivity index (χ1) is 14.6. The van der Waals surface area contributed by atoms with Crippen molar-refractivity contribution in [2.75, 3.05) is 32.7 Å². The molecule has 30 heavy (non-hydrogen) atoms. The minimum atomic E-state index is -0.267. The number of halogens is 1. The molecule has 3 aliphatic heterocycles. The van der Waals surface area contributed by atoms with Gasteiger partial charge in [0, 0.05) is 50.5 Å². The van der Waals surface area contributed by atoms with E-state index in [1.807, 2.05) is 24.4 Å². The third kappa shape index (κ3) is 3.42. The van der Waals surface area contributed by atoms with E-state index in [2.05, 4.69) is 26.2 Å². The van der Waals surface area contributed by atoms with Gasteiger partial charge in [0.25, 0.3) is 0 Å². The van der Waals surface area contributed by atoms with Crippen LogP contribution >= 0.6 is 0 Å². The van der Waals surface area contributed by atoms with Crippen molar-refractivity contribution in [2.45, 2.75) is 32.4 Å². The van der Waals surface area contributed by atoms with Gasteiger partial charge in [0.05, 0.1) is 5.41 Å². The van der Waals surface area contributed by atoms with Gasteiger partial charge in [0.15, 0.2) is 0 Å². The van der Waals surface area contributed by atoms with Gasteiger partial charge in [-0.15, -0.1) is 0 Å². The van der Waals surface area contributed by atoms with Crippen LogP contribution in [0.2, 0.25) is 0 Å². The standard InChI is InChI=1S/C24H29FN4O/c25-21-5-3-19(4-6-21)15-28-12-8-23(9-13-28)17-29(16-20-2-1-10-26-14-20)18-24(23)7-11-27-22(24)30/h1-6,10,14H,7-9,11-13,15-18H2,(H,27,30). The number of aromatic nitrogens is 1. The fraction of sp³-hybridized carbons (Fsp3) is 0.500. The first kappa shape index (κ1) is 19.6. The third-order valence-electron chi connectivity index (χ3n) is 7.57. The predicted octanol–water partition coefficient (Wildman–Crippen LogP) is 2.83. The van der Waals surface area contributed by atoms with Gasteiger partial charge in [-0.25, -0.2) is 4.39 Å². The quantitative estimate of drug-likeness (QED) is 0.845. The van der Waals surface area contributed by atoms with E-state index < -0.39 is 0 Å². The second kappa shape index (κ2) is 7.75. The number of likely N-dealkylation sites (tertiary alicyclic amines) is 2. The smallest absolute Gasteiger partial charge is 0.228 e. The van der Waals surface area contributed by atoms with Crippen molar-refractivity contribution in [3.05, 3.63) is 65.7 Å². The molecule has 0 aliphatic carbocycles. The molecule has 3 saturated heterocycles. The zero-order valence-corrected chi connectivity index (χ0v) is 17.3. The van der Waals surface area contributed by atoms with Crippen LogP contribution in [0.1, 0.15) is 30.4 Å². The zero-order chi connectivity index (χ0) is 20.6. The number of amides is 1. The van der Waals surface area contributed by atoms with E-state index >= 15 is 0 Å². The number of hydrogen-bond acceptors (Lipinski definition) is 4. The Morgan fingerprint density at radius 3 is 2.40 bits per heavy atom. The van der Waals surface area contributed by atoms with E-state index in [-0.39, 0.29) is 22.6 Å². The van der Waals surface area contributed by atoms with Gasteiger partial charge in [-0.2, -0.15) is 0 Å². The summed E-state index contributed by atoms with van der Waals surface area (Å²) in [6.45, 7) is 6.26. The van der Waals surface area contributed by atoms with E-state index in [9.17, 15) is 9.18 Å². The molecule has 5 rings (SSSR count). The number of pyridine rings is 1. The highest BCUT2D eigenvalue weighted by Crippen LogP contribution is 2.56. The Morgan fingerprint density at radius 1 is 0.967 bits per heavy atom. The normalized spacial score (nSPS) is 26.5. The molecule has 5 nitrogen and oxygen atoms in total. The highest BCUT2D eigenvalue weighted by molar-refractivity contribution is 5.86. The van der Waals surface area contributed by atoms with E-state index in [1.165, 1.54) is 17.7 Å². The molecule has 1 atom stereocenters. The van der Waals surface area contributed by atoms with Gasteiger partial charge in [-0.1, -0.05) is 18.2 Å². The van der Waals surface area contributed by atoms with Crippen molar-refractivity contribution in [1.29, 1.82) is 0 Å². The number of rotatable bonds is 4. The van der Waals surface area contributed by atoms with Crippen LogP contribution < -0.4 is 5.32 Å². The van der Waals surface area contributed by atoms with Gasteiger partial charge >= 0.3 is 0 Å². The zero-order valence-electron chi connectivity index (χ0n) is 17.3. The van der Waals surface area contributed by atoms with Crippen molar-refractivity contribution in [2.24, 2.45) is 10.8 Å². The number of fused-ring (bicyclic) bond motifs is 1. The lowest BCUT2D eigenvalue weighted by molar-refractivity contribution is -0.134. The lowest BCUT2D eigenvalue weighted by Crippen LogP contribution is -2.52. The molecule has 4 heterocycles.